The highest BCUT2D eigenvalue weighted by atomic mass is 35.5. The summed E-state index contributed by atoms with van der Waals surface area (Å²) in [6.07, 6.45) is 1.56. The molecule has 8 nitrogen and oxygen atoms in total. The molecule has 10 heteroatoms. The lowest BCUT2D eigenvalue weighted by Crippen LogP contribution is -2.49. The Kier molecular flexibility index (Phi) is 6.20. The largest absolute Gasteiger partial charge is 0.497 e. The van der Waals surface area contributed by atoms with E-state index in [9.17, 15) is 4.79 Å². The maximum absolute atomic E-state index is 12.9. The van der Waals surface area contributed by atoms with E-state index in [1.807, 2.05) is 4.90 Å². The Hall–Kier alpha value is -2.97. The van der Waals surface area contributed by atoms with E-state index >= 15 is 0 Å². The van der Waals surface area contributed by atoms with Crippen LogP contribution in [0.5, 0.6) is 11.5 Å². The lowest BCUT2D eigenvalue weighted by Gasteiger charge is -2.35. The maximum Gasteiger partial charge on any atom is 0.276 e. The molecule has 0 saturated carbocycles. The Labute approximate surface area is 189 Å². The standard InChI is InChI=1S/C21H20Cl2N4O4/c1-29-14-3-4-18(30-2)15(10-14)19-11-17(25-31-19)21(28)27-7-5-26(6-8-27)20-16(23)9-13(22)12-24-20/h3-4,9-12H,5-8H2,1-2H3. The summed E-state index contributed by atoms with van der Waals surface area (Å²) in [5.41, 5.74) is 0.887. The van der Waals surface area contributed by atoms with Gasteiger partial charge in [0.1, 0.15) is 17.3 Å². The van der Waals surface area contributed by atoms with Crippen LogP contribution in [0.4, 0.5) is 5.82 Å². The van der Waals surface area contributed by atoms with Crippen molar-refractivity contribution in [2.75, 3.05) is 45.3 Å². The number of ether oxygens (including phenoxy) is 2. The van der Waals surface area contributed by atoms with Crippen molar-refractivity contribution in [3.05, 3.63) is 52.3 Å². The van der Waals surface area contributed by atoms with Crippen LogP contribution < -0.4 is 14.4 Å². The van der Waals surface area contributed by atoms with Gasteiger partial charge in [-0.1, -0.05) is 28.4 Å². The van der Waals surface area contributed by atoms with Crippen LogP contribution in [0.15, 0.2) is 41.1 Å². The molecular weight excluding hydrogens is 443 g/mol. The minimum atomic E-state index is -0.202. The molecule has 162 valence electrons. The molecule has 31 heavy (non-hydrogen) atoms. The number of methoxy groups -OCH3 is 2. The molecule has 0 atom stereocenters. The zero-order valence-electron chi connectivity index (χ0n) is 17.0. The van der Waals surface area contributed by atoms with Crippen LogP contribution >= 0.6 is 23.2 Å². The monoisotopic (exact) mass is 462 g/mol. The van der Waals surface area contributed by atoms with Crippen LogP contribution in [0.1, 0.15) is 10.5 Å². The van der Waals surface area contributed by atoms with Gasteiger partial charge in [0.15, 0.2) is 11.5 Å². The molecule has 1 saturated heterocycles. The molecule has 0 radical (unpaired) electrons. The first kappa shape index (κ1) is 21.3. The lowest BCUT2D eigenvalue weighted by molar-refractivity contribution is 0.0736. The van der Waals surface area contributed by atoms with Crippen molar-refractivity contribution in [1.29, 1.82) is 0 Å². The molecule has 3 aromatic rings. The molecule has 0 unspecified atom stereocenters. The Balaban J connectivity index is 1.47. The van der Waals surface area contributed by atoms with Crippen LogP contribution in [0.2, 0.25) is 10.0 Å². The highest BCUT2D eigenvalue weighted by Gasteiger charge is 2.26. The average molecular weight is 463 g/mol. The van der Waals surface area contributed by atoms with Crippen molar-refractivity contribution in [2.45, 2.75) is 0 Å². The van der Waals surface area contributed by atoms with Crippen molar-refractivity contribution in [1.82, 2.24) is 15.0 Å². The number of aromatic nitrogens is 2. The smallest absolute Gasteiger partial charge is 0.276 e. The molecule has 1 fully saturated rings. The Morgan fingerprint density at radius 1 is 1.06 bits per heavy atom. The number of benzene rings is 1. The summed E-state index contributed by atoms with van der Waals surface area (Å²) in [5.74, 6) is 2.12. The van der Waals surface area contributed by atoms with Gasteiger partial charge in [0.05, 0.1) is 29.8 Å². The number of hydrogen-bond acceptors (Lipinski definition) is 7. The summed E-state index contributed by atoms with van der Waals surface area (Å²) in [4.78, 5) is 21.0. The molecule has 3 heterocycles. The van der Waals surface area contributed by atoms with E-state index in [2.05, 4.69) is 10.1 Å². The summed E-state index contributed by atoms with van der Waals surface area (Å²) >= 11 is 12.2. The number of hydrogen-bond donors (Lipinski definition) is 0. The highest BCUT2D eigenvalue weighted by molar-refractivity contribution is 6.36. The van der Waals surface area contributed by atoms with E-state index in [-0.39, 0.29) is 11.6 Å². The molecular formula is C21H20Cl2N4O4. The van der Waals surface area contributed by atoms with Crippen molar-refractivity contribution in [2.24, 2.45) is 0 Å². The second-order valence-electron chi connectivity index (χ2n) is 6.88. The minimum Gasteiger partial charge on any atom is -0.497 e. The van der Waals surface area contributed by atoms with Crippen LogP contribution in [-0.4, -0.2) is 61.3 Å². The SMILES string of the molecule is COc1ccc(OC)c(-c2cc(C(=O)N3CCN(c4ncc(Cl)cc4Cl)CC3)no2)c1. The molecule has 0 bridgehead atoms. The molecule has 0 N–H and O–H groups in total. The van der Waals surface area contributed by atoms with Gasteiger partial charge in [-0.3, -0.25) is 4.79 Å². The quantitative estimate of drug-likeness (QED) is 0.565. The van der Waals surface area contributed by atoms with Gasteiger partial charge in [0.2, 0.25) is 0 Å². The summed E-state index contributed by atoms with van der Waals surface area (Å²) in [5, 5.41) is 4.95. The predicted molar refractivity (Wildman–Crippen MR) is 117 cm³/mol. The van der Waals surface area contributed by atoms with Gasteiger partial charge in [-0.15, -0.1) is 0 Å². The van der Waals surface area contributed by atoms with Gasteiger partial charge in [0.25, 0.3) is 5.91 Å². The number of rotatable bonds is 5. The molecule has 1 aliphatic heterocycles. The van der Waals surface area contributed by atoms with Gasteiger partial charge in [-0.25, -0.2) is 4.98 Å². The van der Waals surface area contributed by atoms with Crippen LogP contribution in [0.3, 0.4) is 0 Å². The van der Waals surface area contributed by atoms with E-state index in [4.69, 9.17) is 37.2 Å². The fourth-order valence-electron chi connectivity index (χ4n) is 3.43. The molecule has 0 spiro atoms. The van der Waals surface area contributed by atoms with Gasteiger partial charge >= 0.3 is 0 Å². The van der Waals surface area contributed by atoms with Crippen molar-refractivity contribution < 1.29 is 18.8 Å². The zero-order chi connectivity index (χ0) is 22.0. The third kappa shape index (κ3) is 4.40. The van der Waals surface area contributed by atoms with Crippen molar-refractivity contribution in [3.63, 3.8) is 0 Å². The van der Waals surface area contributed by atoms with Gasteiger partial charge < -0.3 is 23.8 Å². The molecule has 1 aliphatic rings. The second kappa shape index (κ2) is 9.03. The van der Waals surface area contributed by atoms with E-state index in [0.29, 0.717) is 64.9 Å². The van der Waals surface area contributed by atoms with Gasteiger partial charge in [0, 0.05) is 38.4 Å². The van der Waals surface area contributed by atoms with E-state index in [1.54, 1.807) is 55.6 Å². The van der Waals surface area contributed by atoms with Crippen molar-refractivity contribution >= 4 is 34.9 Å². The summed E-state index contributed by atoms with van der Waals surface area (Å²) in [6.45, 7) is 2.19. The Morgan fingerprint density at radius 3 is 2.52 bits per heavy atom. The number of amides is 1. The lowest BCUT2D eigenvalue weighted by atomic mass is 10.1. The van der Waals surface area contributed by atoms with Crippen LogP contribution in [0, 0.1) is 0 Å². The number of carbonyl (C=O) groups excluding carboxylic acids is 1. The van der Waals surface area contributed by atoms with E-state index in [0.717, 1.165) is 0 Å². The van der Waals surface area contributed by atoms with Crippen LogP contribution in [0.25, 0.3) is 11.3 Å². The normalized spacial score (nSPS) is 13.9. The second-order valence-corrected chi connectivity index (χ2v) is 7.72. The third-order valence-corrected chi connectivity index (χ3v) is 5.54. The first-order chi connectivity index (χ1) is 15.0. The van der Waals surface area contributed by atoms with Gasteiger partial charge in [-0.05, 0) is 24.3 Å². The number of halogens is 2. The molecule has 4 rings (SSSR count). The topological polar surface area (TPSA) is 80.9 Å². The van der Waals surface area contributed by atoms with Crippen molar-refractivity contribution in [3.8, 4) is 22.8 Å². The molecule has 0 aliphatic carbocycles. The number of pyridine rings is 1. The fraction of sp³-hybridized carbons (Fsp3) is 0.286. The summed E-state index contributed by atoms with van der Waals surface area (Å²) < 4.78 is 16.1. The first-order valence-electron chi connectivity index (χ1n) is 9.54. The molecule has 2 aromatic heterocycles. The Morgan fingerprint density at radius 2 is 1.84 bits per heavy atom. The number of nitrogens with zero attached hydrogens (tertiary/aromatic N) is 4. The highest BCUT2D eigenvalue weighted by Crippen LogP contribution is 2.34. The number of carbonyl (C=O) groups is 1. The van der Waals surface area contributed by atoms with Gasteiger partial charge in [-0.2, -0.15) is 0 Å². The summed E-state index contributed by atoms with van der Waals surface area (Å²) in [6, 6.07) is 8.60. The first-order valence-corrected chi connectivity index (χ1v) is 10.3. The van der Waals surface area contributed by atoms with E-state index in [1.165, 1.54) is 0 Å². The molecule has 1 amide bonds. The molecule has 1 aromatic carbocycles. The van der Waals surface area contributed by atoms with Crippen LogP contribution in [-0.2, 0) is 0 Å². The number of anilines is 1. The Bertz CT molecular complexity index is 1100. The summed E-state index contributed by atoms with van der Waals surface area (Å²) in [7, 11) is 3.14. The zero-order valence-corrected chi connectivity index (χ0v) is 18.5. The average Bonchev–Trinajstić information content (AvgIpc) is 3.28. The van der Waals surface area contributed by atoms with E-state index < -0.39 is 0 Å². The number of piperazine rings is 1. The predicted octanol–water partition coefficient (Wildman–Crippen LogP) is 4.02. The fourth-order valence-corrected chi connectivity index (χ4v) is 3.93. The maximum atomic E-state index is 12.9. The third-order valence-electron chi connectivity index (χ3n) is 5.06. The minimum absolute atomic E-state index is 0.202.